The normalized spacial score (nSPS) is 13.1. The van der Waals surface area contributed by atoms with Crippen molar-refractivity contribution >= 4 is 0 Å². The molecule has 2 rings (SSSR count). The molecule has 0 aliphatic carbocycles. The fourth-order valence-corrected chi connectivity index (χ4v) is 2.21. The first kappa shape index (κ1) is 15.6. The maximum Gasteiger partial charge on any atom is 0.0429 e. The number of allylic oxidation sites excluding steroid dienone is 2. The Kier molecular flexibility index (Phi) is 6.41. The molecule has 1 nitrogen and oxygen atoms in total. The summed E-state index contributed by atoms with van der Waals surface area (Å²) in [6.07, 6.45) is 3.48. The summed E-state index contributed by atoms with van der Waals surface area (Å²) in [5.41, 5.74) is 5.45. The predicted octanol–water partition coefficient (Wildman–Crippen LogP) is 4.94. The molecule has 0 saturated heterocycles. The summed E-state index contributed by atoms with van der Waals surface area (Å²) in [7, 11) is 0. The molecule has 0 atom stereocenters. The lowest BCUT2D eigenvalue weighted by Gasteiger charge is -2.32. The molecule has 0 bridgehead atoms. The fraction of sp³-hybridized carbons (Fsp3) is 0.444. The number of nitrogens with zero attached hydrogens (tertiary/aromatic N) is 1. The number of hydrogen-bond donors (Lipinski definition) is 0. The Bertz CT molecular complexity index is 427. The van der Waals surface area contributed by atoms with Crippen LogP contribution in [0.5, 0.6) is 0 Å². The van der Waals surface area contributed by atoms with Crippen LogP contribution in [0.15, 0.2) is 48.7 Å². The lowest BCUT2D eigenvalue weighted by Crippen LogP contribution is -2.29. The van der Waals surface area contributed by atoms with Crippen molar-refractivity contribution < 1.29 is 0 Å². The SMILES string of the molecule is C=C(C)C.C=C(CCC)N1CCc2ccccc2C1. The summed E-state index contributed by atoms with van der Waals surface area (Å²) in [6.45, 7) is 16.1. The van der Waals surface area contributed by atoms with E-state index in [-0.39, 0.29) is 0 Å². The van der Waals surface area contributed by atoms with E-state index < -0.39 is 0 Å². The van der Waals surface area contributed by atoms with E-state index in [2.05, 4.69) is 49.2 Å². The Labute approximate surface area is 118 Å². The summed E-state index contributed by atoms with van der Waals surface area (Å²) in [6, 6.07) is 8.75. The number of rotatable bonds is 3. The molecule has 19 heavy (non-hydrogen) atoms. The molecule has 1 aliphatic heterocycles. The summed E-state index contributed by atoms with van der Waals surface area (Å²) < 4.78 is 0. The molecule has 0 amide bonds. The first-order chi connectivity index (χ1) is 9.04. The van der Waals surface area contributed by atoms with Gasteiger partial charge < -0.3 is 4.90 Å². The monoisotopic (exact) mass is 257 g/mol. The highest BCUT2D eigenvalue weighted by Gasteiger charge is 2.15. The van der Waals surface area contributed by atoms with Crippen molar-refractivity contribution in [3.8, 4) is 0 Å². The third-order valence-electron chi connectivity index (χ3n) is 3.12. The second kappa shape index (κ2) is 7.83. The number of hydrogen-bond acceptors (Lipinski definition) is 1. The van der Waals surface area contributed by atoms with E-state index in [1.807, 2.05) is 13.8 Å². The molecule has 0 N–H and O–H groups in total. The third-order valence-corrected chi connectivity index (χ3v) is 3.12. The van der Waals surface area contributed by atoms with Gasteiger partial charge in [-0.15, -0.1) is 6.58 Å². The van der Waals surface area contributed by atoms with E-state index in [0.717, 1.165) is 19.5 Å². The number of fused-ring (bicyclic) bond motifs is 1. The summed E-state index contributed by atoms with van der Waals surface area (Å²) in [5.74, 6) is 0. The van der Waals surface area contributed by atoms with E-state index in [1.165, 1.54) is 35.2 Å². The molecular weight excluding hydrogens is 230 g/mol. The Balaban J connectivity index is 0.000000399. The van der Waals surface area contributed by atoms with E-state index in [0.29, 0.717) is 0 Å². The minimum absolute atomic E-state index is 1.05. The maximum absolute atomic E-state index is 4.17. The van der Waals surface area contributed by atoms with Gasteiger partial charge >= 0.3 is 0 Å². The van der Waals surface area contributed by atoms with Crippen LogP contribution in [-0.4, -0.2) is 11.4 Å². The summed E-state index contributed by atoms with van der Waals surface area (Å²) in [4.78, 5) is 2.42. The highest BCUT2D eigenvalue weighted by molar-refractivity contribution is 5.29. The standard InChI is InChI=1S/C14H19N.C4H8/c1-3-6-12(2)15-10-9-13-7-4-5-8-14(13)11-15;1-4(2)3/h4-5,7-8H,2-3,6,9-11H2,1H3;1H2,2-3H3. The van der Waals surface area contributed by atoms with E-state index in [4.69, 9.17) is 0 Å². The van der Waals surface area contributed by atoms with Gasteiger partial charge in [0.15, 0.2) is 0 Å². The van der Waals surface area contributed by atoms with Crippen molar-refractivity contribution in [3.63, 3.8) is 0 Å². The van der Waals surface area contributed by atoms with Crippen LogP contribution in [0.3, 0.4) is 0 Å². The Hall–Kier alpha value is -1.50. The van der Waals surface area contributed by atoms with Crippen LogP contribution in [0.1, 0.15) is 44.7 Å². The molecule has 0 unspecified atom stereocenters. The van der Waals surface area contributed by atoms with Crippen LogP contribution in [0, 0.1) is 0 Å². The second-order valence-electron chi connectivity index (χ2n) is 5.46. The van der Waals surface area contributed by atoms with Crippen molar-refractivity contribution in [1.29, 1.82) is 0 Å². The van der Waals surface area contributed by atoms with Gasteiger partial charge in [0.25, 0.3) is 0 Å². The van der Waals surface area contributed by atoms with Crippen molar-refractivity contribution in [2.45, 2.75) is 46.6 Å². The van der Waals surface area contributed by atoms with Gasteiger partial charge in [-0.2, -0.15) is 0 Å². The fourth-order valence-electron chi connectivity index (χ4n) is 2.21. The first-order valence-corrected chi connectivity index (χ1v) is 7.16. The van der Waals surface area contributed by atoms with Crippen molar-refractivity contribution in [3.05, 3.63) is 59.8 Å². The van der Waals surface area contributed by atoms with Crippen LogP contribution in [0.25, 0.3) is 0 Å². The Morgan fingerprint density at radius 2 is 1.74 bits per heavy atom. The van der Waals surface area contributed by atoms with E-state index >= 15 is 0 Å². The lowest BCUT2D eigenvalue weighted by atomic mass is 9.99. The van der Waals surface area contributed by atoms with Crippen molar-refractivity contribution in [2.75, 3.05) is 6.54 Å². The van der Waals surface area contributed by atoms with E-state index in [1.54, 1.807) is 0 Å². The van der Waals surface area contributed by atoms with Crippen LogP contribution in [0.2, 0.25) is 0 Å². The maximum atomic E-state index is 4.17. The highest BCUT2D eigenvalue weighted by atomic mass is 15.1. The molecule has 0 spiro atoms. The van der Waals surface area contributed by atoms with Gasteiger partial charge in [-0.25, -0.2) is 0 Å². The molecule has 104 valence electrons. The molecule has 0 radical (unpaired) electrons. The smallest absolute Gasteiger partial charge is 0.0429 e. The zero-order valence-electron chi connectivity index (χ0n) is 12.7. The molecule has 0 saturated carbocycles. The van der Waals surface area contributed by atoms with Gasteiger partial charge in [-0.3, -0.25) is 0 Å². The molecule has 0 fully saturated rings. The van der Waals surface area contributed by atoms with Crippen LogP contribution in [0.4, 0.5) is 0 Å². The van der Waals surface area contributed by atoms with Gasteiger partial charge in [0.05, 0.1) is 0 Å². The van der Waals surface area contributed by atoms with Gasteiger partial charge in [0.1, 0.15) is 0 Å². The van der Waals surface area contributed by atoms with Gasteiger partial charge in [-0.05, 0) is 37.8 Å². The highest BCUT2D eigenvalue weighted by Crippen LogP contribution is 2.22. The summed E-state index contributed by atoms with van der Waals surface area (Å²) >= 11 is 0. The predicted molar refractivity (Wildman–Crippen MR) is 85.1 cm³/mol. The Morgan fingerprint density at radius 3 is 2.32 bits per heavy atom. The second-order valence-corrected chi connectivity index (χ2v) is 5.46. The lowest BCUT2D eigenvalue weighted by molar-refractivity contribution is 0.312. The van der Waals surface area contributed by atoms with Crippen LogP contribution < -0.4 is 0 Å². The van der Waals surface area contributed by atoms with Crippen LogP contribution >= 0.6 is 0 Å². The summed E-state index contributed by atoms with van der Waals surface area (Å²) in [5, 5.41) is 0. The van der Waals surface area contributed by atoms with Gasteiger partial charge in [0, 0.05) is 18.8 Å². The molecular formula is C18H27N. The van der Waals surface area contributed by atoms with Gasteiger partial charge in [-0.1, -0.05) is 49.8 Å². The molecule has 1 heterocycles. The van der Waals surface area contributed by atoms with Crippen molar-refractivity contribution in [2.24, 2.45) is 0 Å². The zero-order valence-corrected chi connectivity index (χ0v) is 12.7. The Morgan fingerprint density at radius 1 is 1.16 bits per heavy atom. The zero-order chi connectivity index (χ0) is 14.3. The number of benzene rings is 1. The van der Waals surface area contributed by atoms with Gasteiger partial charge in [0.2, 0.25) is 0 Å². The minimum atomic E-state index is 1.05. The quantitative estimate of drug-likeness (QED) is 0.693. The van der Waals surface area contributed by atoms with Crippen LogP contribution in [-0.2, 0) is 13.0 Å². The van der Waals surface area contributed by atoms with Crippen molar-refractivity contribution in [1.82, 2.24) is 4.90 Å². The molecule has 1 heteroatoms. The topological polar surface area (TPSA) is 3.24 Å². The molecule has 1 aromatic carbocycles. The largest absolute Gasteiger partial charge is 0.371 e. The average molecular weight is 257 g/mol. The third kappa shape index (κ3) is 5.34. The minimum Gasteiger partial charge on any atom is -0.371 e. The first-order valence-electron chi connectivity index (χ1n) is 7.16. The average Bonchev–Trinajstić information content (AvgIpc) is 2.38. The molecule has 1 aromatic rings. The molecule has 1 aliphatic rings. The van der Waals surface area contributed by atoms with E-state index in [9.17, 15) is 0 Å². The molecule has 0 aromatic heterocycles.